The number of nitrogens with one attached hydrogen (secondary N) is 2. The SMILES string of the molecule is COc1cc(Nc2nc(CC(C)c3cc(F)c(F)c(F)c3)cs2)ccc1-c1nc(C)c[nH]1. The van der Waals surface area contributed by atoms with Gasteiger partial charge in [0.2, 0.25) is 0 Å². The maximum Gasteiger partial charge on any atom is 0.194 e. The number of aryl methyl sites for hydroxylation is 1. The summed E-state index contributed by atoms with van der Waals surface area (Å²) in [5, 5.41) is 5.80. The molecule has 0 fully saturated rings. The normalized spacial score (nSPS) is 12.1. The van der Waals surface area contributed by atoms with Crippen molar-refractivity contribution in [1.29, 1.82) is 0 Å². The first-order valence-electron chi connectivity index (χ1n) is 9.90. The van der Waals surface area contributed by atoms with Crippen LogP contribution in [0.2, 0.25) is 0 Å². The Bertz CT molecular complexity index is 1230. The van der Waals surface area contributed by atoms with Gasteiger partial charge in [-0.05, 0) is 49.1 Å². The molecule has 4 aromatic rings. The summed E-state index contributed by atoms with van der Waals surface area (Å²) in [6.07, 6.45) is 2.29. The molecule has 0 amide bonds. The van der Waals surface area contributed by atoms with Crippen molar-refractivity contribution in [3.05, 3.63) is 76.3 Å². The minimum Gasteiger partial charge on any atom is -0.496 e. The van der Waals surface area contributed by atoms with Crippen molar-refractivity contribution in [2.45, 2.75) is 26.2 Å². The van der Waals surface area contributed by atoms with Crippen LogP contribution in [0.3, 0.4) is 0 Å². The minimum atomic E-state index is -1.45. The van der Waals surface area contributed by atoms with Crippen molar-refractivity contribution in [2.24, 2.45) is 0 Å². The number of methoxy groups -OCH3 is 1. The van der Waals surface area contributed by atoms with Crippen LogP contribution in [0, 0.1) is 24.4 Å². The Morgan fingerprint density at radius 1 is 1.12 bits per heavy atom. The molecule has 0 aliphatic carbocycles. The van der Waals surface area contributed by atoms with Crippen molar-refractivity contribution >= 4 is 22.2 Å². The van der Waals surface area contributed by atoms with Crippen LogP contribution in [0.15, 0.2) is 41.9 Å². The highest BCUT2D eigenvalue weighted by Gasteiger charge is 2.16. The third kappa shape index (κ3) is 4.62. The Balaban J connectivity index is 1.47. The number of aromatic amines is 1. The number of hydrogen-bond acceptors (Lipinski definition) is 5. The van der Waals surface area contributed by atoms with Gasteiger partial charge in [-0.15, -0.1) is 11.3 Å². The Labute approximate surface area is 187 Å². The lowest BCUT2D eigenvalue weighted by atomic mass is 9.96. The van der Waals surface area contributed by atoms with E-state index in [1.54, 1.807) is 7.11 Å². The third-order valence-corrected chi connectivity index (χ3v) is 5.86. The van der Waals surface area contributed by atoms with Crippen LogP contribution in [0.1, 0.15) is 29.8 Å². The van der Waals surface area contributed by atoms with Gasteiger partial charge < -0.3 is 15.0 Å². The fraction of sp³-hybridized carbons (Fsp3) is 0.217. The third-order valence-electron chi connectivity index (χ3n) is 5.06. The van der Waals surface area contributed by atoms with Crippen LogP contribution >= 0.6 is 11.3 Å². The van der Waals surface area contributed by atoms with E-state index in [9.17, 15) is 13.2 Å². The second-order valence-electron chi connectivity index (χ2n) is 7.48. The number of thiazole rings is 1. The van der Waals surface area contributed by atoms with Gasteiger partial charge in [-0.2, -0.15) is 0 Å². The first kappa shape index (κ1) is 21.9. The molecule has 32 heavy (non-hydrogen) atoms. The van der Waals surface area contributed by atoms with Crippen molar-refractivity contribution in [1.82, 2.24) is 15.0 Å². The first-order valence-corrected chi connectivity index (χ1v) is 10.8. The van der Waals surface area contributed by atoms with Gasteiger partial charge in [0.25, 0.3) is 0 Å². The van der Waals surface area contributed by atoms with Crippen molar-refractivity contribution < 1.29 is 17.9 Å². The Hall–Kier alpha value is -3.33. The van der Waals surface area contributed by atoms with E-state index in [0.717, 1.165) is 40.6 Å². The van der Waals surface area contributed by atoms with Crippen LogP contribution < -0.4 is 10.1 Å². The number of anilines is 2. The van der Waals surface area contributed by atoms with Crippen LogP contribution in [0.4, 0.5) is 24.0 Å². The number of nitrogens with zero attached hydrogens (tertiary/aromatic N) is 2. The minimum absolute atomic E-state index is 0.231. The summed E-state index contributed by atoms with van der Waals surface area (Å²) >= 11 is 1.42. The predicted molar refractivity (Wildman–Crippen MR) is 119 cm³/mol. The molecule has 0 saturated heterocycles. The van der Waals surface area contributed by atoms with E-state index >= 15 is 0 Å². The summed E-state index contributed by atoms with van der Waals surface area (Å²) in [5.41, 5.74) is 3.69. The first-order chi connectivity index (χ1) is 15.3. The van der Waals surface area contributed by atoms with Gasteiger partial charge in [0.15, 0.2) is 22.6 Å². The Morgan fingerprint density at radius 2 is 1.88 bits per heavy atom. The molecule has 2 heterocycles. The number of hydrogen-bond donors (Lipinski definition) is 2. The fourth-order valence-corrected chi connectivity index (χ4v) is 4.13. The van der Waals surface area contributed by atoms with Gasteiger partial charge in [0, 0.05) is 23.3 Å². The lowest BCUT2D eigenvalue weighted by Gasteiger charge is -2.11. The Kier molecular flexibility index (Phi) is 6.18. The van der Waals surface area contributed by atoms with Gasteiger partial charge in [0.05, 0.1) is 24.1 Å². The number of H-pyrrole nitrogens is 1. The molecular weight excluding hydrogens is 437 g/mol. The lowest BCUT2D eigenvalue weighted by Crippen LogP contribution is -2.02. The molecule has 0 aliphatic rings. The van der Waals surface area contributed by atoms with E-state index in [4.69, 9.17) is 4.74 Å². The fourth-order valence-electron chi connectivity index (χ4n) is 3.39. The summed E-state index contributed by atoms with van der Waals surface area (Å²) in [6.45, 7) is 3.73. The number of rotatable bonds is 7. The molecule has 0 bridgehead atoms. The average molecular weight is 459 g/mol. The topological polar surface area (TPSA) is 62.8 Å². The Morgan fingerprint density at radius 3 is 2.53 bits per heavy atom. The van der Waals surface area contributed by atoms with Crippen LogP contribution in [-0.4, -0.2) is 22.1 Å². The molecule has 9 heteroatoms. The number of benzene rings is 2. The van der Waals surface area contributed by atoms with Gasteiger partial charge in [-0.3, -0.25) is 0 Å². The van der Waals surface area contributed by atoms with Crippen LogP contribution in [-0.2, 0) is 6.42 Å². The van der Waals surface area contributed by atoms with E-state index in [2.05, 4.69) is 20.3 Å². The molecular formula is C23H21F3N4OS. The molecule has 1 unspecified atom stereocenters. The molecule has 0 aliphatic heterocycles. The molecule has 0 saturated carbocycles. The zero-order valence-electron chi connectivity index (χ0n) is 17.7. The largest absolute Gasteiger partial charge is 0.496 e. The number of aromatic nitrogens is 3. The van der Waals surface area contributed by atoms with Gasteiger partial charge in [0.1, 0.15) is 11.6 Å². The second-order valence-corrected chi connectivity index (χ2v) is 8.34. The zero-order chi connectivity index (χ0) is 22.8. The summed E-state index contributed by atoms with van der Waals surface area (Å²) in [4.78, 5) is 12.1. The van der Waals surface area contributed by atoms with E-state index in [0.29, 0.717) is 22.9 Å². The van der Waals surface area contributed by atoms with E-state index < -0.39 is 17.5 Å². The molecule has 1 atom stereocenters. The van der Waals surface area contributed by atoms with Crippen LogP contribution in [0.5, 0.6) is 5.75 Å². The summed E-state index contributed by atoms with van der Waals surface area (Å²) in [6, 6.07) is 7.74. The molecule has 0 spiro atoms. The molecule has 2 aromatic carbocycles. The summed E-state index contributed by atoms with van der Waals surface area (Å²) in [5.74, 6) is -2.67. The highest BCUT2D eigenvalue weighted by molar-refractivity contribution is 7.13. The average Bonchev–Trinajstić information content (AvgIpc) is 3.40. The molecule has 2 N–H and O–H groups in total. The highest BCUT2D eigenvalue weighted by atomic mass is 32.1. The van der Waals surface area contributed by atoms with Gasteiger partial charge >= 0.3 is 0 Å². The maximum atomic E-state index is 13.5. The smallest absolute Gasteiger partial charge is 0.194 e. The predicted octanol–water partition coefficient (Wildman–Crippen LogP) is 6.36. The van der Waals surface area contributed by atoms with Crippen LogP contribution in [0.25, 0.3) is 11.4 Å². The molecule has 5 nitrogen and oxygen atoms in total. The van der Waals surface area contributed by atoms with E-state index in [1.807, 2.05) is 43.6 Å². The van der Waals surface area contributed by atoms with E-state index in [-0.39, 0.29) is 5.92 Å². The van der Waals surface area contributed by atoms with Gasteiger partial charge in [-0.1, -0.05) is 6.92 Å². The van der Waals surface area contributed by atoms with E-state index in [1.165, 1.54) is 11.3 Å². The zero-order valence-corrected chi connectivity index (χ0v) is 18.5. The van der Waals surface area contributed by atoms with Crippen molar-refractivity contribution in [3.63, 3.8) is 0 Å². The number of imidazole rings is 1. The lowest BCUT2D eigenvalue weighted by molar-refractivity contribution is 0.416. The molecule has 166 valence electrons. The quantitative estimate of drug-likeness (QED) is 0.317. The summed E-state index contributed by atoms with van der Waals surface area (Å²) in [7, 11) is 1.60. The number of halogens is 3. The molecule has 0 radical (unpaired) electrons. The maximum absolute atomic E-state index is 13.5. The highest BCUT2D eigenvalue weighted by Crippen LogP contribution is 2.33. The molecule has 4 rings (SSSR count). The van der Waals surface area contributed by atoms with Gasteiger partial charge in [-0.25, -0.2) is 23.1 Å². The number of ether oxygens (including phenoxy) is 1. The standard InChI is InChI=1S/C23H21F3N4OS/c1-12(14-7-18(24)21(26)19(25)8-14)6-16-11-32-23(30-16)29-15-4-5-17(20(9-15)31-3)22-27-10-13(2)28-22/h4-5,7-12H,6H2,1-3H3,(H,27,28)(H,29,30). The second kappa shape index (κ2) is 9.04. The monoisotopic (exact) mass is 458 g/mol. The van der Waals surface area contributed by atoms with Crippen molar-refractivity contribution in [2.75, 3.05) is 12.4 Å². The molecule has 2 aromatic heterocycles. The summed E-state index contributed by atoms with van der Waals surface area (Å²) < 4.78 is 45.8. The van der Waals surface area contributed by atoms with Crippen molar-refractivity contribution in [3.8, 4) is 17.1 Å².